The van der Waals surface area contributed by atoms with Crippen LogP contribution in [0.1, 0.15) is 30.3 Å². The van der Waals surface area contributed by atoms with Gasteiger partial charge >= 0.3 is 0 Å². The fourth-order valence-electron chi connectivity index (χ4n) is 4.25. The van der Waals surface area contributed by atoms with Crippen LogP contribution in [0, 0.1) is 10.1 Å². The fraction of sp³-hybridized carbons (Fsp3) is 0.148. The zero-order valence-electron chi connectivity index (χ0n) is 19.5. The Hall–Kier alpha value is -4.11. The first-order valence-electron chi connectivity index (χ1n) is 11.5. The predicted octanol–water partition coefficient (Wildman–Crippen LogP) is 5.90. The van der Waals surface area contributed by atoms with Crippen molar-refractivity contribution in [3.8, 4) is 0 Å². The molecule has 3 aromatic carbocycles. The van der Waals surface area contributed by atoms with Crippen LogP contribution in [0.25, 0.3) is 21.8 Å². The van der Waals surface area contributed by atoms with Crippen LogP contribution in [0.15, 0.2) is 87.3 Å². The van der Waals surface area contributed by atoms with Crippen molar-refractivity contribution in [2.45, 2.75) is 26.3 Å². The summed E-state index contributed by atoms with van der Waals surface area (Å²) in [5, 5.41) is 17.1. The minimum Gasteiger partial charge on any atom is -0.342 e. The molecule has 0 aliphatic rings. The highest BCUT2D eigenvalue weighted by molar-refractivity contribution is 9.10. The molecule has 0 aliphatic heterocycles. The molecule has 0 aliphatic carbocycles. The molecule has 0 atom stereocenters. The van der Waals surface area contributed by atoms with Crippen molar-refractivity contribution in [1.29, 1.82) is 0 Å². The van der Waals surface area contributed by atoms with Crippen LogP contribution in [0.5, 0.6) is 0 Å². The predicted molar refractivity (Wildman–Crippen MR) is 145 cm³/mol. The number of hydrogen-bond donors (Lipinski definition) is 0. The number of non-ortho nitro benzene ring substituents is 1. The molecule has 0 amide bonds. The molecule has 0 saturated heterocycles. The number of fused-ring (bicyclic) bond motifs is 2. The van der Waals surface area contributed by atoms with Crippen LogP contribution in [-0.4, -0.2) is 25.4 Å². The Balaban J connectivity index is 1.56. The number of nitro groups is 1. The van der Waals surface area contributed by atoms with Crippen LogP contribution in [0.4, 0.5) is 5.69 Å². The molecular weight excluding hydrogens is 522 g/mol. The van der Waals surface area contributed by atoms with Crippen LogP contribution < -0.4 is 5.56 Å². The van der Waals surface area contributed by atoms with Crippen molar-refractivity contribution < 1.29 is 4.92 Å². The summed E-state index contributed by atoms with van der Waals surface area (Å²) in [6, 6.07) is 20.0. The van der Waals surface area contributed by atoms with Gasteiger partial charge in [0.15, 0.2) is 0 Å². The molecule has 0 bridgehead atoms. The molecular formula is C27H22BrN5O3. The largest absolute Gasteiger partial charge is 0.342 e. The van der Waals surface area contributed by atoms with E-state index in [2.05, 4.69) is 25.6 Å². The maximum Gasteiger partial charge on any atom is 0.282 e. The maximum atomic E-state index is 13.3. The lowest BCUT2D eigenvalue weighted by Gasteiger charge is -2.08. The second-order valence-electron chi connectivity index (χ2n) is 8.45. The zero-order chi connectivity index (χ0) is 25.2. The van der Waals surface area contributed by atoms with E-state index in [0.29, 0.717) is 29.7 Å². The number of halogens is 1. The summed E-state index contributed by atoms with van der Waals surface area (Å²) in [7, 11) is 0. The number of benzene rings is 3. The molecule has 2 heterocycles. The molecule has 5 aromatic rings. The lowest BCUT2D eigenvalue weighted by atomic mass is 10.2. The van der Waals surface area contributed by atoms with E-state index in [4.69, 9.17) is 4.98 Å². The van der Waals surface area contributed by atoms with Gasteiger partial charge in [0.25, 0.3) is 11.2 Å². The van der Waals surface area contributed by atoms with Gasteiger partial charge in [0.05, 0.1) is 22.0 Å². The van der Waals surface area contributed by atoms with Gasteiger partial charge in [-0.1, -0.05) is 53.2 Å². The Kier molecular flexibility index (Phi) is 6.47. The maximum absolute atomic E-state index is 13.3. The first-order chi connectivity index (χ1) is 17.4. The van der Waals surface area contributed by atoms with Crippen LogP contribution in [-0.2, 0) is 13.0 Å². The summed E-state index contributed by atoms with van der Waals surface area (Å²) in [6.45, 7) is 2.58. The first-order valence-corrected chi connectivity index (χ1v) is 12.3. The highest BCUT2D eigenvalue weighted by atomic mass is 79.9. The third-order valence-corrected chi connectivity index (χ3v) is 6.47. The number of aromatic nitrogens is 3. The number of para-hydroxylation sites is 1. The van der Waals surface area contributed by atoms with Gasteiger partial charge in [0.2, 0.25) is 0 Å². The van der Waals surface area contributed by atoms with Crippen molar-refractivity contribution in [1.82, 2.24) is 14.2 Å². The fourth-order valence-corrected chi connectivity index (χ4v) is 4.61. The molecule has 0 radical (unpaired) electrons. The second kappa shape index (κ2) is 9.87. The topological polar surface area (TPSA) is 95.3 Å². The molecule has 0 N–H and O–H groups in total. The van der Waals surface area contributed by atoms with Crippen molar-refractivity contribution in [2.75, 3.05) is 0 Å². The summed E-state index contributed by atoms with van der Waals surface area (Å²) < 4.78 is 4.27. The van der Waals surface area contributed by atoms with Crippen molar-refractivity contribution in [3.63, 3.8) is 0 Å². The van der Waals surface area contributed by atoms with Gasteiger partial charge in [-0.25, -0.2) is 4.98 Å². The van der Waals surface area contributed by atoms with E-state index in [9.17, 15) is 14.9 Å². The van der Waals surface area contributed by atoms with Gasteiger partial charge in [0, 0.05) is 52.2 Å². The number of aryl methyl sites for hydroxylation is 1. The van der Waals surface area contributed by atoms with Gasteiger partial charge < -0.3 is 4.57 Å². The molecule has 8 nitrogen and oxygen atoms in total. The molecule has 180 valence electrons. The Morgan fingerprint density at radius 3 is 2.61 bits per heavy atom. The molecule has 2 aromatic heterocycles. The highest BCUT2D eigenvalue weighted by Crippen LogP contribution is 2.22. The number of nitrogens with zero attached hydrogens (tertiary/aromatic N) is 5. The van der Waals surface area contributed by atoms with E-state index < -0.39 is 4.92 Å². The van der Waals surface area contributed by atoms with Crippen LogP contribution in [0.3, 0.4) is 0 Å². The van der Waals surface area contributed by atoms with Gasteiger partial charge in [-0.05, 0) is 36.2 Å². The van der Waals surface area contributed by atoms with E-state index in [0.717, 1.165) is 32.9 Å². The summed E-state index contributed by atoms with van der Waals surface area (Å²) >= 11 is 3.43. The van der Waals surface area contributed by atoms with Crippen LogP contribution >= 0.6 is 15.9 Å². The van der Waals surface area contributed by atoms with Gasteiger partial charge in [-0.3, -0.25) is 14.9 Å². The Labute approximate surface area is 214 Å². The summed E-state index contributed by atoms with van der Waals surface area (Å²) in [5.74, 6) is 0.614. The molecule has 5 rings (SSSR count). The van der Waals surface area contributed by atoms with E-state index in [1.807, 2.05) is 49.5 Å². The first kappa shape index (κ1) is 23.6. The van der Waals surface area contributed by atoms with Crippen molar-refractivity contribution >= 4 is 49.6 Å². The lowest BCUT2D eigenvalue weighted by molar-refractivity contribution is -0.384. The normalized spacial score (nSPS) is 11.6. The lowest BCUT2D eigenvalue weighted by Crippen LogP contribution is -2.22. The summed E-state index contributed by atoms with van der Waals surface area (Å²) in [4.78, 5) is 28.6. The van der Waals surface area contributed by atoms with E-state index >= 15 is 0 Å². The molecule has 36 heavy (non-hydrogen) atoms. The summed E-state index contributed by atoms with van der Waals surface area (Å²) in [6.07, 6.45) is 5.13. The highest BCUT2D eigenvalue weighted by Gasteiger charge is 2.12. The number of rotatable bonds is 7. The zero-order valence-corrected chi connectivity index (χ0v) is 21.1. The third kappa shape index (κ3) is 4.57. The van der Waals surface area contributed by atoms with Crippen molar-refractivity contribution in [3.05, 3.63) is 115 Å². The van der Waals surface area contributed by atoms with Crippen LogP contribution in [0.2, 0.25) is 0 Å². The van der Waals surface area contributed by atoms with E-state index in [-0.39, 0.29) is 11.2 Å². The van der Waals surface area contributed by atoms with E-state index in [1.165, 1.54) is 16.8 Å². The Morgan fingerprint density at radius 2 is 1.86 bits per heavy atom. The average Bonchev–Trinajstić information content (AvgIpc) is 3.22. The monoisotopic (exact) mass is 543 g/mol. The minimum absolute atomic E-state index is 0.0632. The number of nitro benzene ring substituents is 1. The quantitative estimate of drug-likeness (QED) is 0.145. The summed E-state index contributed by atoms with van der Waals surface area (Å²) in [5.41, 5.74) is 3.30. The molecule has 0 spiro atoms. The van der Waals surface area contributed by atoms with Crippen molar-refractivity contribution in [2.24, 2.45) is 5.10 Å². The molecule has 0 fully saturated rings. The Morgan fingerprint density at radius 1 is 1.08 bits per heavy atom. The number of hydrogen-bond acceptors (Lipinski definition) is 5. The Bertz CT molecular complexity index is 1690. The molecule has 0 saturated carbocycles. The van der Waals surface area contributed by atoms with E-state index in [1.54, 1.807) is 24.4 Å². The third-order valence-electron chi connectivity index (χ3n) is 5.98. The van der Waals surface area contributed by atoms with Gasteiger partial charge in [-0.15, -0.1) is 0 Å². The SMILES string of the molecule is CCCc1nc2ccc(Br)cc2c(=O)n1N=Cc1cn(Cc2ccc([N+](=O)[O-])cc2)c2ccccc12. The van der Waals surface area contributed by atoms with Gasteiger partial charge in [-0.2, -0.15) is 9.78 Å². The second-order valence-corrected chi connectivity index (χ2v) is 9.37. The minimum atomic E-state index is -0.404. The molecule has 0 unspecified atom stereocenters. The van der Waals surface area contributed by atoms with Gasteiger partial charge in [0.1, 0.15) is 5.82 Å². The smallest absolute Gasteiger partial charge is 0.282 e. The average molecular weight is 544 g/mol. The molecule has 9 heteroatoms. The standard InChI is InChI=1S/C27H22BrN5O3/c1-2-5-26-30-24-13-10-20(28)14-23(24)27(34)32(26)29-15-19-17-31(25-7-4-3-6-22(19)25)16-18-8-11-21(12-9-18)33(35)36/h3-4,6-15,17H,2,5,16H2,1H3.